The number of ether oxygens (including phenoxy) is 1. The first-order chi connectivity index (χ1) is 12.5. The third-order valence-corrected chi connectivity index (χ3v) is 4.67. The van der Waals surface area contributed by atoms with Gasteiger partial charge in [-0.3, -0.25) is 4.98 Å². The molecule has 26 heavy (non-hydrogen) atoms. The zero-order valence-electron chi connectivity index (χ0n) is 13.3. The first-order valence-electron chi connectivity index (χ1n) is 8.05. The van der Waals surface area contributed by atoms with Crippen molar-refractivity contribution in [2.24, 2.45) is 4.99 Å². The molecule has 0 saturated heterocycles. The molecule has 0 bridgehead atoms. The van der Waals surface area contributed by atoms with Crippen LogP contribution in [0.5, 0.6) is 5.75 Å². The Labute approximate surface area is 146 Å². The summed E-state index contributed by atoms with van der Waals surface area (Å²) >= 11 is 0. The summed E-state index contributed by atoms with van der Waals surface area (Å²) in [6, 6.07) is 13.8. The molecule has 0 fully saturated rings. The molecular formula is C19H12F3N3O. The fourth-order valence-corrected chi connectivity index (χ4v) is 3.58. The standard InChI is InChI=1S/C19H12F3N3O/c20-19(21,22)17-18(10-11-4-1-2-6-13(11)25-18)26-15-8-7-14-12(16(15)24-17)5-3-9-23-14/h1-9,25H,10H2. The average Bonchev–Trinajstić information content (AvgIpc) is 2.97. The largest absolute Gasteiger partial charge is 0.460 e. The molecule has 3 aromatic rings. The van der Waals surface area contributed by atoms with E-state index >= 15 is 0 Å². The average molecular weight is 355 g/mol. The number of hydrogen-bond donors (Lipinski definition) is 1. The summed E-state index contributed by atoms with van der Waals surface area (Å²) in [5.41, 5.74) is -0.633. The van der Waals surface area contributed by atoms with Gasteiger partial charge in [0.25, 0.3) is 0 Å². The number of aliphatic imine (C=N–C) groups is 1. The Hall–Kier alpha value is -3.09. The van der Waals surface area contributed by atoms with E-state index in [4.69, 9.17) is 4.74 Å². The highest BCUT2D eigenvalue weighted by atomic mass is 19.4. The number of alkyl halides is 3. The zero-order chi connectivity index (χ0) is 17.9. The van der Waals surface area contributed by atoms with E-state index in [-0.39, 0.29) is 12.1 Å². The summed E-state index contributed by atoms with van der Waals surface area (Å²) in [6.45, 7) is 0. The highest BCUT2D eigenvalue weighted by Crippen LogP contribution is 2.47. The topological polar surface area (TPSA) is 46.5 Å². The zero-order valence-corrected chi connectivity index (χ0v) is 13.3. The lowest BCUT2D eigenvalue weighted by Crippen LogP contribution is -2.57. The highest BCUT2D eigenvalue weighted by molar-refractivity contribution is 6.07. The lowest BCUT2D eigenvalue weighted by Gasteiger charge is -2.36. The van der Waals surface area contributed by atoms with Crippen molar-refractivity contribution >= 4 is 28.0 Å². The number of pyridine rings is 1. The predicted molar refractivity (Wildman–Crippen MR) is 92.0 cm³/mol. The van der Waals surface area contributed by atoms with Crippen molar-refractivity contribution in [3.05, 3.63) is 60.3 Å². The number of aromatic nitrogens is 1. The van der Waals surface area contributed by atoms with E-state index in [9.17, 15) is 13.2 Å². The third kappa shape index (κ3) is 2.09. The van der Waals surface area contributed by atoms with E-state index in [0.717, 1.165) is 5.56 Å². The number of nitrogens with zero attached hydrogens (tertiary/aromatic N) is 2. The van der Waals surface area contributed by atoms with Gasteiger partial charge in [-0.2, -0.15) is 13.2 Å². The van der Waals surface area contributed by atoms with E-state index in [2.05, 4.69) is 15.3 Å². The van der Waals surface area contributed by atoms with Crippen LogP contribution in [0, 0.1) is 0 Å². The minimum absolute atomic E-state index is 0.0477. The lowest BCUT2D eigenvalue weighted by atomic mass is 9.99. The second-order valence-electron chi connectivity index (χ2n) is 6.33. The minimum atomic E-state index is -4.64. The van der Waals surface area contributed by atoms with Crippen molar-refractivity contribution < 1.29 is 17.9 Å². The van der Waals surface area contributed by atoms with Crippen LogP contribution in [0.25, 0.3) is 10.9 Å². The molecule has 1 spiro atoms. The summed E-state index contributed by atoms with van der Waals surface area (Å²) in [4.78, 5) is 8.20. The van der Waals surface area contributed by atoms with Crippen LogP contribution in [-0.2, 0) is 6.42 Å². The molecule has 4 nitrogen and oxygen atoms in total. The summed E-state index contributed by atoms with van der Waals surface area (Å²) in [5.74, 6) is 0.304. The number of fused-ring (bicyclic) bond motifs is 4. The van der Waals surface area contributed by atoms with Crippen LogP contribution in [0.1, 0.15) is 5.56 Å². The highest BCUT2D eigenvalue weighted by Gasteiger charge is 2.57. The molecule has 0 radical (unpaired) electrons. The molecule has 0 amide bonds. The van der Waals surface area contributed by atoms with Crippen LogP contribution in [0.15, 0.2) is 59.7 Å². The Morgan fingerprint density at radius 1 is 1.04 bits per heavy atom. The quantitative estimate of drug-likeness (QED) is 0.640. The molecule has 0 aliphatic carbocycles. The van der Waals surface area contributed by atoms with E-state index in [0.29, 0.717) is 22.3 Å². The molecule has 1 unspecified atom stereocenters. The van der Waals surface area contributed by atoms with E-state index in [1.165, 1.54) is 0 Å². The molecular weight excluding hydrogens is 343 g/mol. The van der Waals surface area contributed by atoms with Crippen molar-refractivity contribution in [2.45, 2.75) is 18.3 Å². The number of nitrogens with one attached hydrogen (secondary N) is 1. The van der Waals surface area contributed by atoms with Crippen molar-refractivity contribution in [1.82, 2.24) is 4.98 Å². The van der Waals surface area contributed by atoms with Crippen LogP contribution in [0.2, 0.25) is 0 Å². The van der Waals surface area contributed by atoms with Crippen LogP contribution >= 0.6 is 0 Å². The smallest absolute Gasteiger partial charge is 0.435 e. The van der Waals surface area contributed by atoms with Crippen LogP contribution in [0.4, 0.5) is 24.5 Å². The number of hydrogen-bond acceptors (Lipinski definition) is 4. The van der Waals surface area contributed by atoms with E-state index in [1.807, 2.05) is 0 Å². The van der Waals surface area contributed by atoms with Gasteiger partial charge in [0, 0.05) is 23.7 Å². The Kier molecular flexibility index (Phi) is 2.90. The third-order valence-electron chi connectivity index (χ3n) is 4.67. The van der Waals surface area contributed by atoms with Crippen molar-refractivity contribution in [1.29, 1.82) is 0 Å². The second kappa shape index (κ2) is 4.97. The molecule has 2 aliphatic rings. The Morgan fingerprint density at radius 2 is 1.88 bits per heavy atom. The monoisotopic (exact) mass is 355 g/mol. The summed E-state index contributed by atoms with van der Waals surface area (Å²) in [6.07, 6.45) is -3.01. The molecule has 1 aromatic heterocycles. The number of halogens is 3. The van der Waals surface area contributed by atoms with Crippen molar-refractivity contribution in [2.75, 3.05) is 5.32 Å². The molecule has 3 heterocycles. The second-order valence-corrected chi connectivity index (χ2v) is 6.33. The fraction of sp³-hybridized carbons (Fsp3) is 0.158. The van der Waals surface area contributed by atoms with Crippen LogP contribution in [0.3, 0.4) is 0 Å². The number of para-hydroxylation sites is 1. The maximum Gasteiger partial charge on any atom is 0.435 e. The molecule has 1 atom stereocenters. The molecule has 5 rings (SSSR count). The van der Waals surface area contributed by atoms with Crippen LogP contribution < -0.4 is 10.1 Å². The maximum atomic E-state index is 13.9. The Balaban J connectivity index is 1.74. The van der Waals surface area contributed by atoms with Gasteiger partial charge >= 0.3 is 6.18 Å². The Bertz CT molecular complexity index is 1050. The van der Waals surface area contributed by atoms with E-state index < -0.39 is 17.6 Å². The minimum Gasteiger partial charge on any atom is -0.460 e. The Morgan fingerprint density at radius 3 is 2.69 bits per heavy atom. The molecule has 7 heteroatoms. The summed E-state index contributed by atoms with van der Waals surface area (Å²) in [7, 11) is 0. The van der Waals surface area contributed by atoms with Crippen LogP contribution in [-0.4, -0.2) is 22.6 Å². The number of rotatable bonds is 0. The van der Waals surface area contributed by atoms with E-state index in [1.54, 1.807) is 54.7 Å². The van der Waals surface area contributed by atoms with Gasteiger partial charge in [-0.15, -0.1) is 0 Å². The fourth-order valence-electron chi connectivity index (χ4n) is 3.58. The SMILES string of the molecule is FC(F)(F)C1=Nc2c(ccc3ncccc23)OC12Cc1ccccc1N2. The normalized spacial score (nSPS) is 21.0. The molecule has 2 aromatic carbocycles. The van der Waals surface area contributed by atoms with Gasteiger partial charge in [0.1, 0.15) is 11.4 Å². The van der Waals surface area contributed by atoms with Gasteiger partial charge < -0.3 is 10.1 Å². The predicted octanol–water partition coefficient (Wildman–Crippen LogP) is 4.63. The molecule has 1 N–H and O–H groups in total. The van der Waals surface area contributed by atoms with Gasteiger partial charge in [-0.25, -0.2) is 4.99 Å². The van der Waals surface area contributed by atoms with Gasteiger partial charge in [0.2, 0.25) is 5.72 Å². The molecule has 0 saturated carbocycles. The summed E-state index contributed by atoms with van der Waals surface area (Å²) < 4.78 is 47.6. The summed E-state index contributed by atoms with van der Waals surface area (Å²) in [5, 5.41) is 3.43. The molecule has 130 valence electrons. The van der Waals surface area contributed by atoms with Crippen molar-refractivity contribution in [3.63, 3.8) is 0 Å². The number of anilines is 1. The van der Waals surface area contributed by atoms with Crippen molar-refractivity contribution in [3.8, 4) is 5.75 Å². The number of benzene rings is 2. The lowest BCUT2D eigenvalue weighted by molar-refractivity contribution is -0.0708. The van der Waals surface area contributed by atoms with Gasteiger partial charge in [0.15, 0.2) is 5.71 Å². The van der Waals surface area contributed by atoms with Gasteiger partial charge in [-0.1, -0.05) is 18.2 Å². The van der Waals surface area contributed by atoms with Gasteiger partial charge in [0.05, 0.1) is 5.52 Å². The molecule has 2 aliphatic heterocycles. The first-order valence-corrected chi connectivity index (χ1v) is 8.05. The first kappa shape index (κ1) is 15.2. The maximum absolute atomic E-state index is 13.9. The van der Waals surface area contributed by atoms with Gasteiger partial charge in [-0.05, 0) is 35.9 Å².